The number of rotatable bonds is 15. The molecule has 2 N–H and O–H groups in total. The topological polar surface area (TPSA) is 157 Å². The van der Waals surface area contributed by atoms with E-state index in [1.165, 1.54) is 54.8 Å². The molecule has 2 aromatic rings. The van der Waals surface area contributed by atoms with Gasteiger partial charge >= 0.3 is 0 Å². The van der Waals surface area contributed by atoms with Crippen molar-refractivity contribution in [2.24, 2.45) is 0 Å². The molecule has 0 bridgehead atoms. The van der Waals surface area contributed by atoms with Gasteiger partial charge in [0.1, 0.15) is 33.8 Å². The van der Waals surface area contributed by atoms with E-state index in [0.29, 0.717) is 12.8 Å². The Morgan fingerprint density at radius 2 is 1.26 bits per heavy atom. The molecule has 0 fully saturated rings. The van der Waals surface area contributed by atoms with Gasteiger partial charge in [-0.05, 0) is 96.7 Å². The van der Waals surface area contributed by atoms with Gasteiger partial charge in [-0.15, -0.1) is 9.44 Å². The summed E-state index contributed by atoms with van der Waals surface area (Å²) in [6.45, 7) is 8.23. The third-order valence-corrected chi connectivity index (χ3v) is 15.2. The standard InChI is InChI=1S/C34H46F2N2O8S4/c1-33(2,3)47(39)37-30(32(36)50(43,44)26-18-10-7-11-19-26)28-21-14-15-24(46-28)23-34(4,5)48(40)38-29(27-20-12-13-22-45-27)31(35)49(41,42)25-16-8-6-9-17-25/h6-11,13,15-19,22,27-32,37-38H,12,14,20-21,23H2,1-5H3/t27-,28-,29-,30-,31-,32+,47+,48+/m0/s1. The van der Waals surface area contributed by atoms with E-state index < -0.39 is 87.2 Å². The maximum atomic E-state index is 16.2. The minimum Gasteiger partial charge on any atom is -0.598 e. The summed E-state index contributed by atoms with van der Waals surface area (Å²) < 4.78 is 128. The zero-order chi connectivity index (χ0) is 36.9. The first-order valence-electron chi connectivity index (χ1n) is 16.2. The van der Waals surface area contributed by atoms with Crippen LogP contribution >= 0.6 is 0 Å². The van der Waals surface area contributed by atoms with Crippen LogP contribution < -0.4 is 9.44 Å². The number of allylic oxidation sites excluding steroid dienone is 3. The van der Waals surface area contributed by atoms with Gasteiger partial charge in [-0.2, -0.15) is 0 Å². The largest absolute Gasteiger partial charge is 0.598 e. The summed E-state index contributed by atoms with van der Waals surface area (Å²) in [7, 11) is -9.04. The van der Waals surface area contributed by atoms with Gasteiger partial charge in [-0.3, -0.25) is 0 Å². The highest BCUT2D eigenvalue weighted by molar-refractivity contribution is 7.93. The van der Waals surface area contributed by atoms with Crippen molar-refractivity contribution in [1.29, 1.82) is 0 Å². The second kappa shape index (κ2) is 16.7. The molecule has 0 saturated carbocycles. The second-order valence-corrected chi connectivity index (χ2v) is 21.7. The van der Waals surface area contributed by atoms with E-state index in [2.05, 4.69) is 9.44 Å². The van der Waals surface area contributed by atoms with Crippen LogP contribution in [0.25, 0.3) is 0 Å². The van der Waals surface area contributed by atoms with Crippen molar-refractivity contribution in [2.75, 3.05) is 0 Å². The smallest absolute Gasteiger partial charge is 0.228 e. The summed E-state index contributed by atoms with van der Waals surface area (Å²) in [6.07, 6.45) is 4.11. The number of sulfone groups is 2. The molecule has 0 aromatic heterocycles. The summed E-state index contributed by atoms with van der Waals surface area (Å²) in [4.78, 5) is -0.457. The maximum absolute atomic E-state index is 16.2. The normalized spacial score (nSPS) is 22.6. The molecule has 2 aliphatic heterocycles. The number of halogens is 2. The number of benzene rings is 2. The minimum absolute atomic E-state index is 0.0267. The van der Waals surface area contributed by atoms with Gasteiger partial charge in [-0.1, -0.05) is 36.4 Å². The van der Waals surface area contributed by atoms with Gasteiger partial charge < -0.3 is 18.6 Å². The fraction of sp³-hybridized carbons (Fsp3) is 0.529. The lowest BCUT2D eigenvalue weighted by Gasteiger charge is -2.38. The summed E-state index contributed by atoms with van der Waals surface area (Å²) in [6, 6.07) is 11.3. The Kier molecular flexibility index (Phi) is 13.5. The average Bonchev–Trinajstić information content (AvgIpc) is 3.09. The third-order valence-electron chi connectivity index (χ3n) is 8.34. The Morgan fingerprint density at radius 3 is 1.74 bits per heavy atom. The van der Waals surface area contributed by atoms with Gasteiger partial charge in [0.25, 0.3) is 0 Å². The van der Waals surface area contributed by atoms with Crippen molar-refractivity contribution >= 4 is 42.4 Å². The molecule has 0 spiro atoms. The van der Waals surface area contributed by atoms with Crippen LogP contribution in [0, 0.1) is 0 Å². The molecule has 10 nitrogen and oxygen atoms in total. The van der Waals surface area contributed by atoms with Crippen molar-refractivity contribution in [3.8, 4) is 0 Å². The molecule has 0 radical (unpaired) electrons. The highest BCUT2D eigenvalue weighted by Gasteiger charge is 2.48. The van der Waals surface area contributed by atoms with E-state index in [0.717, 1.165) is 0 Å². The van der Waals surface area contributed by atoms with Crippen LogP contribution in [-0.2, 0) is 51.9 Å². The summed E-state index contributed by atoms with van der Waals surface area (Å²) in [5.41, 5.74) is -5.03. The zero-order valence-electron chi connectivity index (χ0n) is 28.7. The highest BCUT2D eigenvalue weighted by Crippen LogP contribution is 2.35. The SMILES string of the molecule is CC(C)(C)[S@@+]([O-])N[C@@H]([C@@H]1CCC=C(CC(C)(C)[S@@+]([O-])N[C@@H]([C@@H]2CCC=CO2)[C@@H](F)S(=O)(=O)c2ccccc2)O1)[C@H](F)S(=O)(=O)c1ccccc1. The van der Waals surface area contributed by atoms with Gasteiger partial charge in [0, 0.05) is 22.7 Å². The molecule has 4 rings (SSSR count). The monoisotopic (exact) mass is 776 g/mol. The Balaban J connectivity index is 1.55. The van der Waals surface area contributed by atoms with Crippen LogP contribution in [0.4, 0.5) is 8.78 Å². The molecular weight excluding hydrogens is 731 g/mol. The Morgan fingerprint density at radius 1 is 0.780 bits per heavy atom. The lowest BCUT2D eigenvalue weighted by molar-refractivity contribution is 0.0471. The van der Waals surface area contributed by atoms with E-state index >= 15 is 8.78 Å². The number of ether oxygens (including phenoxy) is 2. The van der Waals surface area contributed by atoms with E-state index in [-0.39, 0.29) is 34.8 Å². The van der Waals surface area contributed by atoms with Crippen LogP contribution in [0.5, 0.6) is 0 Å². The van der Waals surface area contributed by atoms with Crippen molar-refractivity contribution in [2.45, 2.75) is 121 Å². The average molecular weight is 777 g/mol. The molecule has 0 aliphatic carbocycles. The van der Waals surface area contributed by atoms with Gasteiger partial charge in [0.15, 0.2) is 0 Å². The Bertz CT molecular complexity index is 1690. The molecular formula is C34H46F2N2O8S4. The van der Waals surface area contributed by atoms with E-state index in [9.17, 15) is 25.9 Å². The molecule has 2 heterocycles. The van der Waals surface area contributed by atoms with Crippen molar-refractivity contribution in [3.63, 3.8) is 0 Å². The second-order valence-electron chi connectivity index (χ2n) is 13.8. The predicted octanol–water partition coefficient (Wildman–Crippen LogP) is 5.49. The lowest BCUT2D eigenvalue weighted by Crippen LogP contribution is -2.57. The van der Waals surface area contributed by atoms with Crippen LogP contribution in [-0.4, -0.2) is 70.7 Å². The quantitative estimate of drug-likeness (QED) is 0.222. The lowest BCUT2D eigenvalue weighted by atomic mass is 10.0. The number of hydrogen-bond acceptors (Lipinski definition) is 10. The van der Waals surface area contributed by atoms with E-state index in [1.807, 2.05) is 0 Å². The molecule has 16 heteroatoms. The molecule has 2 aliphatic rings. The molecule has 0 unspecified atom stereocenters. The molecule has 8 atom stereocenters. The number of hydrogen-bond donors (Lipinski definition) is 2. The molecule has 0 amide bonds. The third kappa shape index (κ3) is 9.82. The Hall–Kier alpha value is -2.18. The number of nitrogens with one attached hydrogen (secondary N) is 2. The highest BCUT2D eigenvalue weighted by atomic mass is 32.2. The summed E-state index contributed by atoms with van der Waals surface area (Å²) >= 11 is -3.95. The van der Waals surface area contributed by atoms with E-state index in [4.69, 9.17) is 9.47 Å². The zero-order valence-corrected chi connectivity index (χ0v) is 31.9. The summed E-state index contributed by atoms with van der Waals surface area (Å²) in [5.74, 6) is 0.279. The van der Waals surface area contributed by atoms with Gasteiger partial charge in [0.2, 0.25) is 30.7 Å². The molecule has 278 valence electrons. The van der Waals surface area contributed by atoms with Gasteiger partial charge in [-0.25, -0.2) is 25.6 Å². The molecule has 0 saturated heterocycles. The maximum Gasteiger partial charge on any atom is 0.228 e. The van der Waals surface area contributed by atoms with Gasteiger partial charge in [0.05, 0.1) is 28.2 Å². The first-order chi connectivity index (χ1) is 23.4. The van der Waals surface area contributed by atoms with Crippen LogP contribution in [0.2, 0.25) is 0 Å². The van der Waals surface area contributed by atoms with Crippen molar-refractivity contribution in [1.82, 2.24) is 9.44 Å². The Labute approximate surface area is 300 Å². The fourth-order valence-electron chi connectivity index (χ4n) is 5.43. The number of alkyl halides is 2. The summed E-state index contributed by atoms with van der Waals surface area (Å²) in [5, 5.41) is 0. The molecule has 2 aromatic carbocycles. The van der Waals surface area contributed by atoms with Crippen LogP contribution in [0.1, 0.15) is 66.7 Å². The van der Waals surface area contributed by atoms with Crippen LogP contribution in [0.3, 0.4) is 0 Å². The predicted molar refractivity (Wildman–Crippen MR) is 191 cm³/mol. The van der Waals surface area contributed by atoms with Crippen LogP contribution in [0.15, 0.2) is 94.6 Å². The van der Waals surface area contributed by atoms with Crippen molar-refractivity contribution in [3.05, 3.63) is 84.8 Å². The first-order valence-corrected chi connectivity index (χ1v) is 21.6. The minimum atomic E-state index is -4.53. The molecule has 50 heavy (non-hydrogen) atoms. The fourth-order valence-corrected chi connectivity index (χ4v) is 10.4. The first kappa shape index (κ1) is 40.6. The van der Waals surface area contributed by atoms with Crippen molar-refractivity contribution < 1.29 is 44.2 Å². The van der Waals surface area contributed by atoms with E-state index in [1.54, 1.807) is 58.9 Å².